The van der Waals surface area contributed by atoms with Crippen molar-refractivity contribution >= 4 is 17.5 Å². The largest absolute Gasteiger partial charge is 0.444 e. The zero-order valence-corrected chi connectivity index (χ0v) is 14.0. The molecule has 1 aromatic carbocycles. The molecule has 132 valence electrons. The summed E-state index contributed by atoms with van der Waals surface area (Å²) in [6, 6.07) is 3.34. The number of piperidine rings is 1. The summed E-state index contributed by atoms with van der Waals surface area (Å²) >= 11 is 0. The fraction of sp³-hybridized carbons (Fsp3) is 0.562. The number of anilines is 1. The third-order valence-corrected chi connectivity index (χ3v) is 3.62. The number of nitro benzene ring substituents is 1. The molecule has 7 nitrogen and oxygen atoms in total. The average Bonchev–Trinajstić information content (AvgIpc) is 2.45. The van der Waals surface area contributed by atoms with Crippen LogP contribution in [-0.4, -0.2) is 35.7 Å². The van der Waals surface area contributed by atoms with E-state index in [0.29, 0.717) is 18.8 Å². The molecular formula is C16H22FN3O4. The molecule has 1 amide bonds. The standard InChI is InChI=1S/C16H22FN3O4/c1-16(2,3)24-15(21)18-12-5-4-8-19(10-12)13-7-6-11(17)9-14(13)20(22)23/h6-7,9,12H,4-5,8,10H2,1-3H3,(H,18,21). The Labute approximate surface area is 139 Å². The summed E-state index contributed by atoms with van der Waals surface area (Å²) < 4.78 is 18.5. The molecule has 0 radical (unpaired) electrons. The van der Waals surface area contributed by atoms with E-state index in [1.807, 2.05) is 0 Å². The van der Waals surface area contributed by atoms with E-state index >= 15 is 0 Å². The number of rotatable bonds is 3. The van der Waals surface area contributed by atoms with Gasteiger partial charge in [0, 0.05) is 19.1 Å². The molecule has 0 aromatic heterocycles. The Morgan fingerprint density at radius 1 is 1.46 bits per heavy atom. The Kier molecular flexibility index (Phi) is 5.26. The highest BCUT2D eigenvalue weighted by Crippen LogP contribution is 2.31. The van der Waals surface area contributed by atoms with Crippen LogP contribution in [0.25, 0.3) is 0 Å². The SMILES string of the molecule is CC(C)(C)OC(=O)NC1CCCN(c2ccc(F)cc2[N+](=O)[O-])C1. The van der Waals surface area contributed by atoms with Gasteiger partial charge in [0.2, 0.25) is 0 Å². The van der Waals surface area contributed by atoms with Gasteiger partial charge >= 0.3 is 6.09 Å². The van der Waals surface area contributed by atoms with E-state index in [4.69, 9.17) is 4.74 Å². The van der Waals surface area contributed by atoms with Crippen LogP contribution < -0.4 is 10.2 Å². The van der Waals surface area contributed by atoms with E-state index in [-0.39, 0.29) is 11.7 Å². The van der Waals surface area contributed by atoms with Gasteiger partial charge in [-0.15, -0.1) is 0 Å². The maximum Gasteiger partial charge on any atom is 0.407 e. The number of amides is 1. The minimum absolute atomic E-state index is 0.182. The smallest absolute Gasteiger partial charge is 0.407 e. The molecule has 24 heavy (non-hydrogen) atoms. The molecule has 1 unspecified atom stereocenters. The quantitative estimate of drug-likeness (QED) is 0.675. The maximum absolute atomic E-state index is 13.3. The lowest BCUT2D eigenvalue weighted by molar-refractivity contribution is -0.384. The summed E-state index contributed by atoms with van der Waals surface area (Å²) in [5.74, 6) is -0.647. The number of carbonyl (C=O) groups is 1. The van der Waals surface area contributed by atoms with Crippen LogP contribution in [0.5, 0.6) is 0 Å². The van der Waals surface area contributed by atoms with Gasteiger partial charge in [-0.05, 0) is 45.7 Å². The Balaban J connectivity index is 2.08. The third kappa shape index (κ3) is 4.81. The van der Waals surface area contributed by atoms with Crippen LogP contribution >= 0.6 is 0 Å². The van der Waals surface area contributed by atoms with Crippen molar-refractivity contribution in [3.05, 3.63) is 34.1 Å². The van der Waals surface area contributed by atoms with Gasteiger partial charge in [-0.2, -0.15) is 0 Å². The fourth-order valence-corrected chi connectivity index (χ4v) is 2.70. The van der Waals surface area contributed by atoms with Crippen molar-refractivity contribution in [3.63, 3.8) is 0 Å². The summed E-state index contributed by atoms with van der Waals surface area (Å²) in [6.07, 6.45) is 1.00. The summed E-state index contributed by atoms with van der Waals surface area (Å²) in [5, 5.41) is 13.9. The van der Waals surface area contributed by atoms with Crippen molar-refractivity contribution in [2.45, 2.75) is 45.3 Å². The van der Waals surface area contributed by atoms with Crippen LogP contribution in [0.4, 0.5) is 20.6 Å². The van der Waals surface area contributed by atoms with Crippen LogP contribution in [0.1, 0.15) is 33.6 Å². The number of nitrogens with one attached hydrogen (secondary N) is 1. The highest BCUT2D eigenvalue weighted by molar-refractivity contribution is 5.68. The normalized spacial score (nSPS) is 18.2. The van der Waals surface area contributed by atoms with E-state index in [2.05, 4.69) is 5.32 Å². The summed E-state index contributed by atoms with van der Waals surface area (Å²) in [4.78, 5) is 24.2. The molecule has 1 heterocycles. The van der Waals surface area contributed by atoms with Gasteiger partial charge in [0.05, 0.1) is 11.0 Å². The number of carbonyl (C=O) groups excluding carboxylic acids is 1. The van der Waals surface area contributed by atoms with Crippen molar-refractivity contribution in [3.8, 4) is 0 Å². The van der Waals surface area contributed by atoms with Crippen molar-refractivity contribution in [2.75, 3.05) is 18.0 Å². The lowest BCUT2D eigenvalue weighted by Crippen LogP contribution is -2.49. The number of hydrogen-bond donors (Lipinski definition) is 1. The number of nitrogens with zero attached hydrogens (tertiary/aromatic N) is 2. The van der Waals surface area contributed by atoms with Crippen LogP contribution in [-0.2, 0) is 4.74 Å². The fourth-order valence-electron chi connectivity index (χ4n) is 2.70. The zero-order chi connectivity index (χ0) is 17.9. The highest BCUT2D eigenvalue weighted by Gasteiger charge is 2.28. The van der Waals surface area contributed by atoms with Crippen LogP contribution in [0.15, 0.2) is 18.2 Å². The van der Waals surface area contributed by atoms with E-state index in [1.54, 1.807) is 25.7 Å². The second-order valence-electron chi connectivity index (χ2n) is 6.82. The topological polar surface area (TPSA) is 84.7 Å². The summed E-state index contributed by atoms with van der Waals surface area (Å²) in [5.41, 5.74) is -0.501. The van der Waals surface area contributed by atoms with Gasteiger partial charge in [0.15, 0.2) is 0 Å². The predicted octanol–water partition coefficient (Wildman–Crippen LogP) is 3.23. The first-order valence-corrected chi connectivity index (χ1v) is 7.84. The van der Waals surface area contributed by atoms with E-state index in [1.165, 1.54) is 12.1 Å². The molecule has 1 aromatic rings. The summed E-state index contributed by atoms with van der Waals surface area (Å²) in [7, 11) is 0. The minimum Gasteiger partial charge on any atom is -0.444 e. The lowest BCUT2D eigenvalue weighted by Gasteiger charge is -2.34. The van der Waals surface area contributed by atoms with E-state index in [0.717, 1.165) is 18.9 Å². The van der Waals surface area contributed by atoms with Gasteiger partial charge in [-0.25, -0.2) is 9.18 Å². The molecule has 0 spiro atoms. The molecule has 0 saturated carbocycles. The number of benzene rings is 1. The third-order valence-electron chi connectivity index (χ3n) is 3.62. The van der Waals surface area contributed by atoms with Crippen molar-refractivity contribution < 1.29 is 18.8 Å². The van der Waals surface area contributed by atoms with Gasteiger partial charge in [0.25, 0.3) is 5.69 Å². The van der Waals surface area contributed by atoms with Crippen LogP contribution in [0, 0.1) is 15.9 Å². The number of ether oxygens (including phenoxy) is 1. The van der Waals surface area contributed by atoms with Crippen molar-refractivity contribution in [2.24, 2.45) is 0 Å². The van der Waals surface area contributed by atoms with Gasteiger partial charge in [0.1, 0.15) is 17.1 Å². The highest BCUT2D eigenvalue weighted by atomic mass is 19.1. The monoisotopic (exact) mass is 339 g/mol. The molecule has 2 rings (SSSR count). The number of nitro groups is 1. The second-order valence-corrected chi connectivity index (χ2v) is 6.82. The predicted molar refractivity (Wildman–Crippen MR) is 87.7 cm³/mol. The molecule has 1 N–H and O–H groups in total. The first-order valence-electron chi connectivity index (χ1n) is 7.84. The Hall–Kier alpha value is -2.38. The Morgan fingerprint density at radius 3 is 2.79 bits per heavy atom. The molecule has 1 saturated heterocycles. The minimum atomic E-state index is -0.647. The first-order chi connectivity index (χ1) is 11.2. The van der Waals surface area contributed by atoms with Crippen LogP contribution in [0.2, 0.25) is 0 Å². The number of halogens is 1. The summed E-state index contributed by atoms with van der Waals surface area (Å²) in [6.45, 7) is 6.36. The zero-order valence-electron chi connectivity index (χ0n) is 14.0. The first kappa shape index (κ1) is 18.0. The molecule has 1 aliphatic heterocycles. The molecular weight excluding hydrogens is 317 g/mol. The van der Waals surface area contributed by atoms with E-state index < -0.39 is 22.4 Å². The van der Waals surface area contributed by atoms with Crippen LogP contribution in [0.3, 0.4) is 0 Å². The molecule has 0 aliphatic carbocycles. The van der Waals surface area contributed by atoms with E-state index in [9.17, 15) is 19.3 Å². The van der Waals surface area contributed by atoms with Gasteiger partial charge < -0.3 is 15.0 Å². The lowest BCUT2D eigenvalue weighted by atomic mass is 10.0. The number of hydrogen-bond acceptors (Lipinski definition) is 5. The Morgan fingerprint density at radius 2 is 2.17 bits per heavy atom. The van der Waals surface area contributed by atoms with Gasteiger partial charge in [-0.3, -0.25) is 10.1 Å². The molecule has 1 aliphatic rings. The molecule has 1 fully saturated rings. The number of alkyl carbamates (subject to hydrolysis) is 1. The average molecular weight is 339 g/mol. The van der Waals surface area contributed by atoms with Gasteiger partial charge in [-0.1, -0.05) is 0 Å². The maximum atomic E-state index is 13.3. The molecule has 8 heteroatoms. The van der Waals surface area contributed by atoms with Crippen molar-refractivity contribution in [1.29, 1.82) is 0 Å². The molecule has 1 atom stereocenters. The van der Waals surface area contributed by atoms with Crippen molar-refractivity contribution in [1.82, 2.24) is 5.32 Å². The Bertz CT molecular complexity index is 630. The molecule has 0 bridgehead atoms. The second kappa shape index (κ2) is 7.02.